The molecule has 2 atom stereocenters. The lowest BCUT2D eigenvalue weighted by atomic mass is 10.3. The van der Waals surface area contributed by atoms with Crippen molar-refractivity contribution in [2.75, 3.05) is 0 Å². The van der Waals surface area contributed by atoms with E-state index in [1.165, 1.54) is 18.8 Å². The van der Waals surface area contributed by atoms with Gasteiger partial charge in [0.05, 0.1) is 24.9 Å². The Morgan fingerprint density at radius 2 is 1.45 bits per heavy atom. The first-order chi connectivity index (χ1) is 12.1. The lowest BCUT2D eigenvalue weighted by Gasteiger charge is -1.92. The molecule has 3 aromatic heterocycles. The van der Waals surface area contributed by atoms with Gasteiger partial charge in [-0.1, -0.05) is 14.9 Å². The quantitative estimate of drug-likeness (QED) is 0.485. The molecule has 0 saturated carbocycles. The fraction of sp³-hybridized carbons (Fsp3) is 0.200. The summed E-state index contributed by atoms with van der Waals surface area (Å²) in [5.41, 5.74) is 8.83. The molecule has 0 aliphatic heterocycles. The number of quaternary nitrogens is 1. The first kappa shape index (κ1) is 33.0. The summed E-state index contributed by atoms with van der Waals surface area (Å²) in [6.07, 6.45) is 5.15. The molecule has 0 bridgehead atoms. The normalized spacial score (nSPS) is 9.79. The van der Waals surface area contributed by atoms with E-state index >= 15 is 0 Å². The lowest BCUT2D eigenvalue weighted by Crippen LogP contribution is -2.52. The number of carbonyl (C=O) groups is 1. The molecule has 0 aromatic carbocycles. The number of halogens is 1. The van der Waals surface area contributed by atoms with E-state index in [4.69, 9.17) is 25.1 Å². The maximum Gasteiger partial charge on any atom is 0.229 e. The van der Waals surface area contributed by atoms with Gasteiger partial charge in [-0.2, -0.15) is 10.5 Å². The second kappa shape index (κ2) is 19.1. The van der Waals surface area contributed by atoms with Crippen molar-refractivity contribution in [2.24, 2.45) is 5.73 Å². The third kappa shape index (κ3) is 12.4. The molecule has 0 fully saturated rings. The molecule has 2 unspecified atom stereocenters. The van der Waals surface area contributed by atoms with E-state index in [1.54, 1.807) is 36.4 Å². The van der Waals surface area contributed by atoms with Crippen LogP contribution in [-0.4, -0.2) is 6.29 Å². The van der Waals surface area contributed by atoms with Gasteiger partial charge in [-0.05, 0) is 36.4 Å². The van der Waals surface area contributed by atoms with Crippen LogP contribution in [0.25, 0.3) is 0 Å². The van der Waals surface area contributed by atoms with Gasteiger partial charge in [0.1, 0.15) is 11.8 Å². The summed E-state index contributed by atoms with van der Waals surface area (Å²) in [6.45, 7) is 0. The SMILES string of the molecule is C.C.F.N#CC(N)c1ccco1.N#CC([NH3+])c1ccco1.O=Cc1ccco1.[2HH].[CH3-]. The molecule has 0 aliphatic carbocycles. The average Bonchev–Trinajstić information content (AvgIpc) is 3.43. The third-order valence-electron chi connectivity index (χ3n) is 2.69. The largest absolute Gasteiger partial charge is 0.467 e. The average molecular weight is 411 g/mol. The number of nitriles is 2. The lowest BCUT2D eigenvalue weighted by molar-refractivity contribution is -0.409. The number of nitrogens with zero attached hydrogens (tertiary/aromatic N) is 2. The van der Waals surface area contributed by atoms with Crippen molar-refractivity contribution in [3.05, 3.63) is 79.9 Å². The third-order valence-corrected chi connectivity index (χ3v) is 2.69. The molecule has 3 heterocycles. The van der Waals surface area contributed by atoms with Gasteiger partial charge >= 0.3 is 0 Å². The van der Waals surface area contributed by atoms with Crippen molar-refractivity contribution in [3.63, 3.8) is 0 Å². The monoisotopic (exact) mass is 411 g/mol. The van der Waals surface area contributed by atoms with E-state index in [-0.39, 0.29) is 34.5 Å². The number of rotatable bonds is 3. The Kier molecular flexibility index (Phi) is 21.7. The molecule has 3 aromatic rings. The first-order valence-electron chi connectivity index (χ1n) is 7.05. The topological polar surface area (TPSA) is 158 Å². The Morgan fingerprint density at radius 3 is 1.76 bits per heavy atom. The molecule has 29 heavy (non-hydrogen) atoms. The Labute approximate surface area is 172 Å². The number of hydrogen-bond donors (Lipinski definition) is 2. The van der Waals surface area contributed by atoms with Gasteiger partial charge in [0, 0.05) is 1.43 Å². The number of hydrogen-bond acceptors (Lipinski definition) is 7. The van der Waals surface area contributed by atoms with E-state index in [9.17, 15) is 4.79 Å². The van der Waals surface area contributed by atoms with Crippen LogP contribution in [0.5, 0.6) is 0 Å². The highest BCUT2D eigenvalue weighted by Crippen LogP contribution is 2.08. The van der Waals surface area contributed by atoms with Crippen molar-refractivity contribution in [1.82, 2.24) is 0 Å². The first-order valence-corrected chi connectivity index (χ1v) is 7.05. The van der Waals surface area contributed by atoms with Gasteiger partial charge in [0.25, 0.3) is 0 Å². The minimum atomic E-state index is -0.625. The van der Waals surface area contributed by atoms with Crippen LogP contribution >= 0.6 is 0 Å². The summed E-state index contributed by atoms with van der Waals surface area (Å²) in [6, 6.07) is 12.9. The summed E-state index contributed by atoms with van der Waals surface area (Å²) in [4.78, 5) is 9.77. The number of nitrogens with two attached hydrogens (primary N) is 1. The van der Waals surface area contributed by atoms with Crippen molar-refractivity contribution >= 4 is 6.29 Å². The summed E-state index contributed by atoms with van der Waals surface area (Å²) in [5.74, 6) is 1.51. The zero-order valence-electron chi connectivity index (χ0n) is 14.6. The van der Waals surface area contributed by atoms with Crippen LogP contribution in [-0.2, 0) is 0 Å². The van der Waals surface area contributed by atoms with Crippen molar-refractivity contribution in [1.29, 1.82) is 10.5 Å². The molecule has 0 aliphatic rings. The van der Waals surface area contributed by atoms with Crippen LogP contribution < -0.4 is 11.5 Å². The Morgan fingerprint density at radius 1 is 0.966 bits per heavy atom. The molecule has 162 valence electrons. The van der Waals surface area contributed by atoms with Gasteiger partial charge in [0.2, 0.25) is 6.04 Å². The van der Waals surface area contributed by atoms with E-state index in [0.717, 1.165) is 0 Å². The molecule has 9 heteroatoms. The molecule has 8 nitrogen and oxygen atoms in total. The van der Waals surface area contributed by atoms with Gasteiger partial charge in [-0.25, -0.2) is 0 Å². The van der Waals surface area contributed by atoms with Gasteiger partial charge in [0.15, 0.2) is 23.8 Å². The predicted octanol–water partition coefficient (Wildman–Crippen LogP) is 4.10. The van der Waals surface area contributed by atoms with Crippen LogP contribution in [0.2, 0.25) is 0 Å². The molecule has 0 saturated heterocycles. The van der Waals surface area contributed by atoms with E-state index in [1.807, 2.05) is 12.1 Å². The van der Waals surface area contributed by atoms with Crippen LogP contribution in [0, 0.1) is 30.1 Å². The van der Waals surface area contributed by atoms with E-state index in [2.05, 4.69) is 10.2 Å². The maximum atomic E-state index is 9.77. The Balaban J connectivity index is -0.0000000968. The van der Waals surface area contributed by atoms with Crippen molar-refractivity contribution < 1.29 is 29.9 Å². The Hall–Kier alpha value is -3.66. The fourth-order valence-electron chi connectivity index (χ4n) is 1.44. The highest BCUT2D eigenvalue weighted by Gasteiger charge is 2.08. The summed E-state index contributed by atoms with van der Waals surface area (Å²) in [7, 11) is 0. The summed E-state index contributed by atoms with van der Waals surface area (Å²) >= 11 is 0. The zero-order chi connectivity index (χ0) is 18.5. The summed E-state index contributed by atoms with van der Waals surface area (Å²) in [5, 5.41) is 16.6. The van der Waals surface area contributed by atoms with Crippen LogP contribution in [0.15, 0.2) is 68.4 Å². The number of aldehydes is 1. The van der Waals surface area contributed by atoms with Crippen molar-refractivity contribution in [2.45, 2.75) is 26.9 Å². The van der Waals surface area contributed by atoms with E-state index < -0.39 is 6.04 Å². The van der Waals surface area contributed by atoms with Crippen LogP contribution in [0.1, 0.15) is 50.4 Å². The van der Waals surface area contributed by atoms with Crippen LogP contribution in [0.3, 0.4) is 0 Å². The predicted molar refractivity (Wildman–Crippen MR) is 110 cm³/mol. The molecule has 0 radical (unpaired) electrons. The van der Waals surface area contributed by atoms with Crippen molar-refractivity contribution in [3.8, 4) is 12.1 Å². The highest BCUT2D eigenvalue weighted by atomic mass is 19.0. The fourth-order valence-corrected chi connectivity index (χ4v) is 1.44. The second-order valence-electron chi connectivity index (χ2n) is 4.45. The number of carbonyl (C=O) groups excluding carboxylic acids is 1. The Bertz CT molecular complexity index is 745. The van der Waals surface area contributed by atoms with E-state index in [0.29, 0.717) is 23.6 Å². The molecule has 3 rings (SSSR count). The van der Waals surface area contributed by atoms with Gasteiger partial charge in [-0.3, -0.25) is 9.50 Å². The molecule has 0 amide bonds. The molecular formula is C20H31FN4O4. The molecule has 0 spiro atoms. The van der Waals surface area contributed by atoms with Gasteiger partial charge in [-0.15, -0.1) is 0 Å². The number of furan rings is 3. The molecule has 5 N–H and O–H groups in total. The maximum absolute atomic E-state index is 9.77. The second-order valence-corrected chi connectivity index (χ2v) is 4.45. The molecular weight excluding hydrogens is 379 g/mol. The minimum Gasteiger partial charge on any atom is -0.467 e. The van der Waals surface area contributed by atoms with Gasteiger partial charge < -0.3 is 32.1 Å². The zero-order valence-corrected chi connectivity index (χ0v) is 14.6. The smallest absolute Gasteiger partial charge is 0.229 e. The highest BCUT2D eigenvalue weighted by molar-refractivity contribution is 5.69. The minimum absolute atomic E-state index is 0. The van der Waals surface area contributed by atoms with Crippen LogP contribution in [0.4, 0.5) is 4.70 Å². The summed E-state index contributed by atoms with van der Waals surface area (Å²) < 4.78 is 14.4. The standard InChI is InChI=1S/2C6H6N2O.C5H4O2.2CH4.CH3.FH.H2/c2*7-4-5(8)6-2-1-3-9-6;6-4-5-2-1-3-7-5;;;;;/h2*1-3,5H,8H2;1-4H;2*1H4;1H3;2*1H/q;;;;;-1;;/p+1/i;;;;;;;1+1.